The monoisotopic (exact) mass is 414 g/mol. The first-order chi connectivity index (χ1) is 14.0. The lowest BCUT2D eigenvalue weighted by Gasteiger charge is -2.12. The first kappa shape index (κ1) is 20.7. The van der Waals surface area contributed by atoms with E-state index in [0.29, 0.717) is 17.7 Å². The van der Waals surface area contributed by atoms with Crippen molar-refractivity contribution in [1.82, 2.24) is 4.98 Å². The topological polar surface area (TPSA) is 45.9 Å². The van der Waals surface area contributed by atoms with Crippen LogP contribution in [-0.2, 0) is 6.42 Å². The molecular formula is C22H17F3N2OS. The highest BCUT2D eigenvalue weighted by Gasteiger charge is 2.20. The van der Waals surface area contributed by atoms with Crippen LogP contribution >= 0.6 is 11.8 Å². The van der Waals surface area contributed by atoms with Gasteiger partial charge >= 0.3 is 0 Å². The Bertz CT molecular complexity index is 1020. The Morgan fingerprint density at radius 2 is 1.79 bits per heavy atom. The summed E-state index contributed by atoms with van der Waals surface area (Å²) in [5, 5.41) is 9.67. The van der Waals surface area contributed by atoms with Gasteiger partial charge in [0, 0.05) is 16.9 Å². The first-order valence-electron chi connectivity index (χ1n) is 8.76. The van der Waals surface area contributed by atoms with Crippen LogP contribution < -0.4 is 4.74 Å². The Labute approximate surface area is 171 Å². The van der Waals surface area contributed by atoms with Crippen LogP contribution in [0.15, 0.2) is 59.6 Å². The van der Waals surface area contributed by atoms with Crippen molar-refractivity contribution < 1.29 is 17.9 Å². The Kier molecular flexibility index (Phi) is 6.78. The van der Waals surface area contributed by atoms with Gasteiger partial charge < -0.3 is 4.74 Å². The zero-order valence-corrected chi connectivity index (χ0v) is 16.3. The summed E-state index contributed by atoms with van der Waals surface area (Å²) in [7, 11) is 1.59. The zero-order valence-electron chi connectivity index (χ0n) is 15.5. The first-order valence-corrected chi connectivity index (χ1v) is 9.75. The van der Waals surface area contributed by atoms with Crippen molar-refractivity contribution in [2.45, 2.75) is 17.9 Å². The lowest BCUT2D eigenvalue weighted by atomic mass is 10.1. The maximum absolute atomic E-state index is 13.6. The van der Waals surface area contributed by atoms with Crippen molar-refractivity contribution in [3.63, 3.8) is 0 Å². The fraction of sp³-hybridized carbons (Fsp3) is 0.182. The third kappa shape index (κ3) is 5.09. The van der Waals surface area contributed by atoms with Crippen LogP contribution in [0.2, 0.25) is 0 Å². The molecule has 0 amide bonds. The molecule has 0 atom stereocenters. The Morgan fingerprint density at radius 3 is 2.38 bits per heavy atom. The molecule has 3 rings (SSSR count). The van der Waals surface area contributed by atoms with Crippen LogP contribution in [0.5, 0.6) is 5.75 Å². The molecule has 0 unspecified atom stereocenters. The number of pyridine rings is 1. The van der Waals surface area contributed by atoms with E-state index in [9.17, 15) is 18.4 Å². The van der Waals surface area contributed by atoms with Crippen molar-refractivity contribution >= 4 is 11.8 Å². The van der Waals surface area contributed by atoms with Crippen LogP contribution in [0.1, 0.15) is 23.1 Å². The number of nitriles is 1. The number of thioether (sulfide) groups is 1. The quantitative estimate of drug-likeness (QED) is 0.442. The summed E-state index contributed by atoms with van der Waals surface area (Å²) < 4.78 is 45.4. The van der Waals surface area contributed by atoms with Crippen LogP contribution in [-0.4, -0.2) is 17.8 Å². The van der Waals surface area contributed by atoms with Crippen molar-refractivity contribution in [2.75, 3.05) is 12.9 Å². The minimum atomic E-state index is -2.81. The van der Waals surface area contributed by atoms with Crippen molar-refractivity contribution in [2.24, 2.45) is 0 Å². The molecule has 7 heteroatoms. The fourth-order valence-corrected chi connectivity index (χ4v) is 3.76. The number of rotatable bonds is 7. The summed E-state index contributed by atoms with van der Waals surface area (Å²) in [6, 6.07) is 16.1. The number of aryl methyl sites for hydroxylation is 1. The molecule has 0 bridgehead atoms. The van der Waals surface area contributed by atoms with E-state index in [0.717, 1.165) is 11.3 Å². The van der Waals surface area contributed by atoms with Gasteiger partial charge in [-0.05, 0) is 54.4 Å². The number of hydrogen-bond donors (Lipinski definition) is 0. The van der Waals surface area contributed by atoms with E-state index < -0.39 is 12.2 Å². The molecule has 2 aromatic carbocycles. The third-order valence-corrected chi connectivity index (χ3v) is 5.27. The largest absolute Gasteiger partial charge is 0.497 e. The lowest BCUT2D eigenvalue weighted by Crippen LogP contribution is -2.00. The normalized spacial score (nSPS) is 10.8. The Hall–Kier alpha value is -2.98. The molecular weight excluding hydrogens is 397 g/mol. The molecule has 1 heterocycles. The second-order valence-corrected chi connectivity index (χ2v) is 7.23. The van der Waals surface area contributed by atoms with Gasteiger partial charge in [0.2, 0.25) is 0 Å². The number of aromatic nitrogens is 1. The van der Waals surface area contributed by atoms with Gasteiger partial charge in [0.1, 0.15) is 22.7 Å². The molecule has 0 aliphatic heterocycles. The van der Waals surface area contributed by atoms with Gasteiger partial charge in [-0.25, -0.2) is 18.2 Å². The zero-order chi connectivity index (χ0) is 20.8. The number of alkyl halides is 2. The summed E-state index contributed by atoms with van der Waals surface area (Å²) in [5.41, 5.74) is 1.36. The van der Waals surface area contributed by atoms with E-state index in [-0.39, 0.29) is 21.8 Å². The molecule has 0 radical (unpaired) electrons. The average Bonchev–Trinajstić information content (AvgIpc) is 2.74. The maximum Gasteiger partial charge on any atom is 0.265 e. The number of hydrogen-bond acceptors (Lipinski definition) is 4. The SMILES string of the molecule is COc1ccc(CCSc2nc(-c3ccc(F)cc3)cc(C(F)F)c2C#N)cc1. The molecule has 3 nitrogen and oxygen atoms in total. The Morgan fingerprint density at radius 1 is 1.10 bits per heavy atom. The fourth-order valence-electron chi connectivity index (χ4n) is 2.76. The minimum absolute atomic E-state index is 0.120. The van der Waals surface area contributed by atoms with Crippen molar-refractivity contribution in [1.29, 1.82) is 5.26 Å². The summed E-state index contributed by atoms with van der Waals surface area (Å²) in [4.78, 5) is 4.41. The van der Waals surface area contributed by atoms with Gasteiger partial charge in [0.15, 0.2) is 0 Å². The standard InChI is InChI=1S/C22H17F3N2OS/c1-28-17-8-2-14(3-9-17)10-11-29-22-19(13-26)18(21(24)25)12-20(27-22)15-4-6-16(23)7-5-15/h2-9,12,21H,10-11H2,1H3. The molecule has 0 saturated carbocycles. The summed E-state index contributed by atoms with van der Waals surface area (Å²) in [6.45, 7) is 0. The lowest BCUT2D eigenvalue weighted by molar-refractivity contribution is 0.150. The Balaban J connectivity index is 1.87. The molecule has 0 spiro atoms. The highest BCUT2D eigenvalue weighted by Crippen LogP contribution is 2.33. The van der Waals surface area contributed by atoms with Crippen molar-refractivity contribution in [3.8, 4) is 23.1 Å². The van der Waals surface area contributed by atoms with Crippen LogP contribution in [0.25, 0.3) is 11.3 Å². The molecule has 0 fully saturated rings. The van der Waals surface area contributed by atoms with E-state index >= 15 is 0 Å². The second-order valence-electron chi connectivity index (χ2n) is 6.14. The van der Waals surface area contributed by atoms with Crippen LogP contribution in [0.3, 0.4) is 0 Å². The van der Waals surface area contributed by atoms with Gasteiger partial charge in [0.25, 0.3) is 6.43 Å². The van der Waals surface area contributed by atoms with E-state index in [2.05, 4.69) is 4.98 Å². The summed E-state index contributed by atoms with van der Waals surface area (Å²) >= 11 is 1.25. The van der Waals surface area contributed by atoms with Gasteiger partial charge in [-0.15, -0.1) is 11.8 Å². The van der Waals surface area contributed by atoms with Gasteiger partial charge in [-0.2, -0.15) is 5.26 Å². The number of nitrogens with zero attached hydrogens (tertiary/aromatic N) is 2. The maximum atomic E-state index is 13.6. The predicted octanol–water partition coefficient (Wildman–Crippen LogP) is 6.04. The molecule has 0 aliphatic rings. The molecule has 0 aliphatic carbocycles. The van der Waals surface area contributed by atoms with Gasteiger partial charge in [0.05, 0.1) is 18.4 Å². The smallest absolute Gasteiger partial charge is 0.265 e. The summed E-state index contributed by atoms with van der Waals surface area (Å²) in [6.07, 6.45) is -2.14. The van der Waals surface area contributed by atoms with E-state index in [1.54, 1.807) is 7.11 Å². The van der Waals surface area contributed by atoms with Crippen LogP contribution in [0.4, 0.5) is 13.2 Å². The van der Waals surface area contributed by atoms with E-state index in [1.807, 2.05) is 30.3 Å². The highest BCUT2D eigenvalue weighted by molar-refractivity contribution is 7.99. The molecule has 0 N–H and O–H groups in total. The molecule has 3 aromatic rings. The van der Waals surface area contributed by atoms with Crippen molar-refractivity contribution in [3.05, 3.63) is 77.1 Å². The van der Waals surface area contributed by atoms with Gasteiger partial charge in [-0.3, -0.25) is 0 Å². The number of benzene rings is 2. The van der Waals surface area contributed by atoms with E-state index in [1.165, 1.54) is 42.1 Å². The number of ether oxygens (including phenoxy) is 1. The third-order valence-electron chi connectivity index (χ3n) is 4.29. The molecule has 1 aromatic heterocycles. The van der Waals surface area contributed by atoms with E-state index in [4.69, 9.17) is 4.74 Å². The van der Waals surface area contributed by atoms with Crippen LogP contribution in [0, 0.1) is 17.1 Å². The average molecular weight is 414 g/mol. The number of methoxy groups -OCH3 is 1. The van der Waals surface area contributed by atoms with Gasteiger partial charge in [-0.1, -0.05) is 12.1 Å². The molecule has 0 saturated heterocycles. The molecule has 29 heavy (non-hydrogen) atoms. The predicted molar refractivity (Wildman–Crippen MR) is 107 cm³/mol. The molecule has 148 valence electrons. The summed E-state index contributed by atoms with van der Waals surface area (Å²) in [5.74, 6) is 0.887. The second kappa shape index (κ2) is 9.48. The number of halogens is 3. The highest BCUT2D eigenvalue weighted by atomic mass is 32.2. The minimum Gasteiger partial charge on any atom is -0.497 e.